The molecule has 0 saturated heterocycles. The smallest absolute Gasteiger partial charge is 0.240 e. The number of rotatable bonds is 8. The van der Waals surface area contributed by atoms with Crippen LogP contribution in [0.1, 0.15) is 6.42 Å². The highest BCUT2D eigenvalue weighted by atomic mass is 32.2. The van der Waals surface area contributed by atoms with Crippen molar-refractivity contribution in [2.75, 3.05) is 23.7 Å². The zero-order valence-corrected chi connectivity index (χ0v) is 14.0. The molecule has 0 unspecified atom stereocenters. The van der Waals surface area contributed by atoms with E-state index in [1.54, 1.807) is 10.9 Å². The van der Waals surface area contributed by atoms with Gasteiger partial charge in [0.1, 0.15) is 12.4 Å². The molecular weight excluding hydrogens is 335 g/mol. The van der Waals surface area contributed by atoms with E-state index in [0.29, 0.717) is 19.5 Å². The van der Waals surface area contributed by atoms with Crippen LogP contribution in [0.15, 0.2) is 42.7 Å². The van der Waals surface area contributed by atoms with Crippen LogP contribution in [0.2, 0.25) is 0 Å². The first-order chi connectivity index (χ1) is 11.4. The Morgan fingerprint density at radius 1 is 1.38 bits per heavy atom. The Kier molecular flexibility index (Phi) is 5.91. The Morgan fingerprint density at radius 2 is 2.17 bits per heavy atom. The molecule has 0 aliphatic heterocycles. The van der Waals surface area contributed by atoms with Gasteiger partial charge in [0.2, 0.25) is 15.9 Å². The average Bonchev–Trinajstić information content (AvgIpc) is 3.01. The molecule has 130 valence electrons. The van der Waals surface area contributed by atoms with Crippen molar-refractivity contribution < 1.29 is 17.6 Å². The number of carbonyl (C=O) groups is 1. The summed E-state index contributed by atoms with van der Waals surface area (Å²) >= 11 is 0. The lowest BCUT2D eigenvalue weighted by Crippen LogP contribution is -2.40. The molecule has 0 aliphatic carbocycles. The molecule has 1 N–H and O–H groups in total. The molecule has 1 heterocycles. The number of hydrogen-bond donors (Lipinski definition) is 1. The highest BCUT2D eigenvalue weighted by Crippen LogP contribution is 2.18. The number of nitrogens with zero attached hydrogens (tertiary/aromatic N) is 3. The van der Waals surface area contributed by atoms with Gasteiger partial charge in [0.15, 0.2) is 0 Å². The molecule has 1 amide bonds. The highest BCUT2D eigenvalue weighted by molar-refractivity contribution is 7.92. The zero-order valence-electron chi connectivity index (χ0n) is 13.2. The maximum atomic E-state index is 13.3. The van der Waals surface area contributed by atoms with E-state index in [-0.39, 0.29) is 5.69 Å². The largest absolute Gasteiger partial charge is 0.354 e. The fourth-order valence-electron chi connectivity index (χ4n) is 2.12. The summed E-state index contributed by atoms with van der Waals surface area (Å²) < 4.78 is 39.7. The van der Waals surface area contributed by atoms with Gasteiger partial charge in [-0.1, -0.05) is 6.07 Å². The third kappa shape index (κ3) is 5.34. The highest BCUT2D eigenvalue weighted by Gasteiger charge is 2.20. The van der Waals surface area contributed by atoms with E-state index in [9.17, 15) is 17.6 Å². The summed E-state index contributed by atoms with van der Waals surface area (Å²) in [5.41, 5.74) is 0.115. The van der Waals surface area contributed by atoms with Crippen molar-refractivity contribution in [1.82, 2.24) is 15.1 Å². The van der Waals surface area contributed by atoms with Crippen molar-refractivity contribution in [3.63, 3.8) is 0 Å². The fourth-order valence-corrected chi connectivity index (χ4v) is 2.97. The third-order valence-corrected chi connectivity index (χ3v) is 4.37. The maximum absolute atomic E-state index is 13.3. The van der Waals surface area contributed by atoms with E-state index in [2.05, 4.69) is 10.4 Å². The number of anilines is 1. The number of hydrogen-bond acceptors (Lipinski definition) is 4. The van der Waals surface area contributed by atoms with E-state index in [4.69, 9.17) is 0 Å². The summed E-state index contributed by atoms with van der Waals surface area (Å²) in [5, 5.41) is 6.69. The molecule has 0 aliphatic rings. The number of nitrogens with one attached hydrogen (secondary N) is 1. The third-order valence-electron chi connectivity index (χ3n) is 3.23. The van der Waals surface area contributed by atoms with E-state index in [1.807, 2.05) is 12.3 Å². The van der Waals surface area contributed by atoms with E-state index in [0.717, 1.165) is 16.6 Å². The topological polar surface area (TPSA) is 84.3 Å². The van der Waals surface area contributed by atoms with Crippen molar-refractivity contribution in [3.05, 3.63) is 48.5 Å². The molecule has 0 fully saturated rings. The van der Waals surface area contributed by atoms with E-state index < -0.39 is 28.3 Å². The molecule has 0 atom stereocenters. The Bertz CT molecular complexity index is 778. The molecule has 1 aromatic heterocycles. The first-order valence-electron chi connectivity index (χ1n) is 7.33. The molecule has 2 rings (SSSR count). The number of amides is 1. The molecule has 2 aromatic rings. The summed E-state index contributed by atoms with van der Waals surface area (Å²) in [6.45, 7) is 0.635. The molecular formula is C15H19FN4O3S. The summed E-state index contributed by atoms with van der Waals surface area (Å²) in [4.78, 5) is 12.0. The minimum atomic E-state index is -3.70. The standard InChI is InChI=1S/C15H19FN4O3S/c1-24(22,23)20(14-6-2-5-13(16)11-14)12-15(21)17-7-3-9-19-10-4-8-18-19/h2,4-6,8,10-11H,3,7,9,12H2,1H3,(H,17,21). The number of carbonyl (C=O) groups excluding carboxylic acids is 1. The van der Waals surface area contributed by atoms with E-state index >= 15 is 0 Å². The second-order valence-electron chi connectivity index (χ2n) is 5.22. The summed E-state index contributed by atoms with van der Waals surface area (Å²) in [7, 11) is -3.70. The van der Waals surface area contributed by atoms with Crippen LogP contribution < -0.4 is 9.62 Å². The summed E-state index contributed by atoms with van der Waals surface area (Å²) in [6.07, 6.45) is 5.12. The second-order valence-corrected chi connectivity index (χ2v) is 7.13. The van der Waals surface area contributed by atoms with Crippen molar-refractivity contribution in [1.29, 1.82) is 0 Å². The lowest BCUT2D eigenvalue weighted by Gasteiger charge is -2.21. The van der Waals surface area contributed by atoms with Gasteiger partial charge in [0.25, 0.3) is 0 Å². The van der Waals surface area contributed by atoms with Gasteiger partial charge in [0, 0.05) is 25.5 Å². The monoisotopic (exact) mass is 354 g/mol. The molecule has 0 bridgehead atoms. The minimum Gasteiger partial charge on any atom is -0.354 e. The van der Waals surface area contributed by atoms with Crippen LogP contribution in [0, 0.1) is 5.82 Å². The quantitative estimate of drug-likeness (QED) is 0.717. The fraction of sp³-hybridized carbons (Fsp3) is 0.333. The molecule has 7 nitrogen and oxygen atoms in total. The SMILES string of the molecule is CS(=O)(=O)N(CC(=O)NCCCn1cccn1)c1cccc(F)c1. The van der Waals surface area contributed by atoms with Gasteiger partial charge < -0.3 is 5.32 Å². The minimum absolute atomic E-state index is 0.115. The van der Waals surface area contributed by atoms with Crippen molar-refractivity contribution in [3.8, 4) is 0 Å². The molecule has 0 spiro atoms. The predicted octanol–water partition coefficient (Wildman–Crippen LogP) is 0.995. The number of aromatic nitrogens is 2. The molecule has 1 aromatic carbocycles. The van der Waals surface area contributed by atoms with Crippen LogP contribution in [0.3, 0.4) is 0 Å². The lowest BCUT2D eigenvalue weighted by molar-refractivity contribution is -0.119. The maximum Gasteiger partial charge on any atom is 0.240 e. The Balaban J connectivity index is 1.90. The normalized spacial score (nSPS) is 11.2. The Labute approximate surface area is 140 Å². The van der Waals surface area contributed by atoms with Crippen LogP contribution in [-0.2, 0) is 21.4 Å². The number of halogens is 1. The Hall–Kier alpha value is -2.42. The Morgan fingerprint density at radius 3 is 2.79 bits per heavy atom. The van der Waals surface area contributed by atoms with Gasteiger partial charge in [-0.15, -0.1) is 0 Å². The van der Waals surface area contributed by atoms with Crippen molar-refractivity contribution in [2.24, 2.45) is 0 Å². The summed E-state index contributed by atoms with van der Waals surface area (Å²) in [6, 6.07) is 6.92. The van der Waals surface area contributed by atoms with Crippen molar-refractivity contribution in [2.45, 2.75) is 13.0 Å². The number of sulfonamides is 1. The number of benzene rings is 1. The first-order valence-corrected chi connectivity index (χ1v) is 9.18. The average molecular weight is 354 g/mol. The summed E-state index contributed by atoms with van der Waals surface area (Å²) in [5.74, 6) is -1.02. The van der Waals surface area contributed by atoms with Crippen LogP contribution >= 0.6 is 0 Å². The molecule has 24 heavy (non-hydrogen) atoms. The van der Waals surface area contributed by atoms with E-state index in [1.165, 1.54) is 18.2 Å². The van der Waals surface area contributed by atoms with Gasteiger partial charge in [-0.05, 0) is 30.7 Å². The molecule has 0 radical (unpaired) electrons. The van der Waals surface area contributed by atoms with Crippen LogP contribution in [0.5, 0.6) is 0 Å². The number of aryl methyl sites for hydroxylation is 1. The van der Waals surface area contributed by atoms with Crippen LogP contribution in [-0.4, -0.2) is 43.5 Å². The van der Waals surface area contributed by atoms with Gasteiger partial charge in [0.05, 0.1) is 11.9 Å². The molecule has 0 saturated carbocycles. The van der Waals surface area contributed by atoms with Gasteiger partial charge in [-0.2, -0.15) is 5.10 Å². The van der Waals surface area contributed by atoms with Crippen molar-refractivity contribution >= 4 is 21.6 Å². The molecule has 9 heteroatoms. The van der Waals surface area contributed by atoms with Crippen LogP contribution in [0.25, 0.3) is 0 Å². The van der Waals surface area contributed by atoms with Gasteiger partial charge in [-0.3, -0.25) is 13.8 Å². The van der Waals surface area contributed by atoms with Gasteiger partial charge in [-0.25, -0.2) is 12.8 Å². The zero-order chi connectivity index (χ0) is 17.6. The van der Waals surface area contributed by atoms with Crippen LogP contribution in [0.4, 0.5) is 10.1 Å². The first kappa shape index (κ1) is 17.9. The predicted molar refractivity (Wildman–Crippen MR) is 88.4 cm³/mol. The van der Waals surface area contributed by atoms with Gasteiger partial charge >= 0.3 is 0 Å². The second kappa shape index (κ2) is 7.91. The lowest BCUT2D eigenvalue weighted by atomic mass is 10.3.